The lowest BCUT2D eigenvalue weighted by Crippen LogP contribution is -2.29. The second-order valence-corrected chi connectivity index (χ2v) is 6.33. The zero-order valence-corrected chi connectivity index (χ0v) is 14.1. The van der Waals surface area contributed by atoms with E-state index < -0.39 is 6.10 Å². The van der Waals surface area contributed by atoms with Crippen LogP contribution in [0, 0.1) is 12.8 Å². The molecule has 3 rings (SSSR count). The number of nitrogens with zero attached hydrogens (tertiary/aromatic N) is 5. The molecule has 2 aromatic heterocycles. The maximum atomic E-state index is 12.8. The lowest BCUT2D eigenvalue weighted by molar-refractivity contribution is 0.0764. The molecule has 1 aliphatic rings. The molecule has 0 bridgehead atoms. The van der Waals surface area contributed by atoms with Gasteiger partial charge in [-0.2, -0.15) is 5.10 Å². The molecule has 0 aromatic carbocycles. The SMILES string of the molecule is CCCn1cc(C(=O)N2C[C@@H](Cc3cnccn3)[C@H](O)C2)c(C)n1. The van der Waals surface area contributed by atoms with Gasteiger partial charge in [0.25, 0.3) is 5.91 Å². The predicted molar refractivity (Wildman–Crippen MR) is 88.4 cm³/mol. The summed E-state index contributed by atoms with van der Waals surface area (Å²) in [5.74, 6) is -0.0767. The van der Waals surface area contributed by atoms with Crippen molar-refractivity contribution in [2.75, 3.05) is 13.1 Å². The number of aliphatic hydroxyl groups excluding tert-OH is 1. The van der Waals surface area contributed by atoms with E-state index in [1.54, 1.807) is 23.5 Å². The van der Waals surface area contributed by atoms with E-state index in [9.17, 15) is 9.90 Å². The third-order valence-corrected chi connectivity index (χ3v) is 4.41. The number of rotatable bonds is 5. The van der Waals surface area contributed by atoms with Crippen molar-refractivity contribution in [3.05, 3.63) is 41.7 Å². The van der Waals surface area contributed by atoms with Crippen LogP contribution in [0.25, 0.3) is 0 Å². The number of hydrogen-bond acceptors (Lipinski definition) is 5. The van der Waals surface area contributed by atoms with Crippen molar-refractivity contribution in [2.24, 2.45) is 5.92 Å². The number of aromatic nitrogens is 4. The maximum Gasteiger partial charge on any atom is 0.257 e. The van der Waals surface area contributed by atoms with Crippen molar-refractivity contribution in [1.82, 2.24) is 24.6 Å². The highest BCUT2D eigenvalue weighted by atomic mass is 16.3. The third kappa shape index (κ3) is 3.46. The average Bonchev–Trinajstić information content (AvgIpc) is 3.11. The number of carbonyl (C=O) groups excluding carboxylic acids is 1. The van der Waals surface area contributed by atoms with Gasteiger partial charge in [-0.05, 0) is 19.8 Å². The molecule has 1 saturated heterocycles. The molecule has 7 heteroatoms. The van der Waals surface area contributed by atoms with Gasteiger partial charge in [0.15, 0.2) is 0 Å². The van der Waals surface area contributed by atoms with Crippen molar-refractivity contribution in [2.45, 2.75) is 39.3 Å². The Labute approximate surface area is 141 Å². The summed E-state index contributed by atoms with van der Waals surface area (Å²) >= 11 is 0. The van der Waals surface area contributed by atoms with Crippen LogP contribution in [0.5, 0.6) is 0 Å². The highest BCUT2D eigenvalue weighted by molar-refractivity contribution is 5.95. The molecule has 1 N–H and O–H groups in total. The predicted octanol–water partition coefficient (Wildman–Crippen LogP) is 1.07. The molecule has 0 unspecified atom stereocenters. The molecule has 2 atom stereocenters. The Kier molecular flexibility index (Phi) is 4.89. The smallest absolute Gasteiger partial charge is 0.257 e. The summed E-state index contributed by atoms with van der Waals surface area (Å²) in [4.78, 5) is 22.8. The molecule has 1 aliphatic heterocycles. The molecule has 128 valence electrons. The molecule has 1 amide bonds. The Balaban J connectivity index is 1.68. The van der Waals surface area contributed by atoms with E-state index in [0.717, 1.165) is 24.4 Å². The van der Waals surface area contributed by atoms with Crippen LogP contribution >= 0.6 is 0 Å². The molecule has 7 nitrogen and oxygen atoms in total. The number of hydrogen-bond donors (Lipinski definition) is 1. The Morgan fingerprint density at radius 2 is 2.21 bits per heavy atom. The molecule has 0 radical (unpaired) electrons. The van der Waals surface area contributed by atoms with Crippen molar-refractivity contribution in [1.29, 1.82) is 0 Å². The molecule has 3 heterocycles. The molecule has 0 aliphatic carbocycles. The van der Waals surface area contributed by atoms with E-state index in [2.05, 4.69) is 22.0 Å². The summed E-state index contributed by atoms with van der Waals surface area (Å²) in [5, 5.41) is 14.7. The molecule has 24 heavy (non-hydrogen) atoms. The highest BCUT2D eigenvalue weighted by Crippen LogP contribution is 2.23. The largest absolute Gasteiger partial charge is 0.391 e. The van der Waals surface area contributed by atoms with Crippen molar-refractivity contribution >= 4 is 5.91 Å². The van der Waals surface area contributed by atoms with Crippen LogP contribution in [0.2, 0.25) is 0 Å². The van der Waals surface area contributed by atoms with E-state index in [1.165, 1.54) is 0 Å². The van der Waals surface area contributed by atoms with Gasteiger partial charge in [-0.1, -0.05) is 6.92 Å². The summed E-state index contributed by atoms with van der Waals surface area (Å²) < 4.78 is 1.81. The fourth-order valence-electron chi connectivity index (χ4n) is 3.17. The van der Waals surface area contributed by atoms with Crippen LogP contribution in [0.15, 0.2) is 24.8 Å². The van der Waals surface area contributed by atoms with E-state index >= 15 is 0 Å². The van der Waals surface area contributed by atoms with E-state index in [1.807, 2.05) is 17.8 Å². The van der Waals surface area contributed by atoms with E-state index in [4.69, 9.17) is 0 Å². The third-order valence-electron chi connectivity index (χ3n) is 4.41. The summed E-state index contributed by atoms with van der Waals surface area (Å²) in [6.45, 7) is 5.60. The van der Waals surface area contributed by atoms with Crippen LogP contribution in [0.4, 0.5) is 0 Å². The quantitative estimate of drug-likeness (QED) is 0.887. The van der Waals surface area contributed by atoms with Crippen molar-refractivity contribution in [3.63, 3.8) is 0 Å². The van der Waals surface area contributed by atoms with E-state index in [-0.39, 0.29) is 11.8 Å². The Hall–Kier alpha value is -2.28. The summed E-state index contributed by atoms with van der Waals surface area (Å²) in [5.41, 5.74) is 2.19. The zero-order valence-electron chi connectivity index (χ0n) is 14.1. The Morgan fingerprint density at radius 1 is 1.38 bits per heavy atom. The van der Waals surface area contributed by atoms with Gasteiger partial charge in [0.05, 0.1) is 23.1 Å². The molecule has 0 spiro atoms. The van der Waals surface area contributed by atoms with Gasteiger partial charge in [-0.15, -0.1) is 0 Å². The molecule has 0 saturated carbocycles. The minimum Gasteiger partial charge on any atom is -0.391 e. The maximum absolute atomic E-state index is 12.8. The van der Waals surface area contributed by atoms with Gasteiger partial charge >= 0.3 is 0 Å². The number of aryl methyl sites for hydroxylation is 2. The monoisotopic (exact) mass is 329 g/mol. The van der Waals surface area contributed by atoms with E-state index in [0.29, 0.717) is 25.1 Å². The number of β-amino-alcohol motifs (C(OH)–C–C–N with tert-alkyl or cyclic N) is 1. The normalized spacial score (nSPS) is 20.5. The highest BCUT2D eigenvalue weighted by Gasteiger charge is 2.35. The van der Waals surface area contributed by atoms with Crippen LogP contribution in [0.1, 0.15) is 35.1 Å². The van der Waals surface area contributed by atoms with Crippen LogP contribution < -0.4 is 0 Å². The number of amides is 1. The molecule has 2 aromatic rings. The molecular weight excluding hydrogens is 306 g/mol. The Bertz CT molecular complexity index is 700. The van der Waals surface area contributed by atoms with Gasteiger partial charge in [0.2, 0.25) is 0 Å². The minimum atomic E-state index is -0.540. The van der Waals surface area contributed by atoms with Crippen molar-refractivity contribution < 1.29 is 9.90 Å². The van der Waals surface area contributed by atoms with Crippen molar-refractivity contribution in [3.8, 4) is 0 Å². The first-order valence-electron chi connectivity index (χ1n) is 8.34. The van der Waals surface area contributed by atoms with Gasteiger partial charge < -0.3 is 10.0 Å². The van der Waals surface area contributed by atoms with Gasteiger partial charge in [0, 0.05) is 50.3 Å². The Morgan fingerprint density at radius 3 is 2.92 bits per heavy atom. The van der Waals surface area contributed by atoms with Crippen LogP contribution in [-0.4, -0.2) is 54.9 Å². The second kappa shape index (κ2) is 7.09. The average molecular weight is 329 g/mol. The summed E-state index contributed by atoms with van der Waals surface area (Å²) in [6, 6.07) is 0. The summed E-state index contributed by atoms with van der Waals surface area (Å²) in [7, 11) is 0. The van der Waals surface area contributed by atoms with Gasteiger partial charge in [-0.25, -0.2) is 0 Å². The second-order valence-electron chi connectivity index (χ2n) is 6.33. The lowest BCUT2D eigenvalue weighted by Gasteiger charge is -2.15. The van der Waals surface area contributed by atoms with Gasteiger partial charge in [0.1, 0.15) is 0 Å². The lowest BCUT2D eigenvalue weighted by atomic mass is 10.0. The minimum absolute atomic E-state index is 0.0170. The zero-order chi connectivity index (χ0) is 17.1. The standard InChI is InChI=1S/C17H23N5O2/c1-3-6-22-10-15(12(2)20-22)17(24)21-9-13(16(23)11-21)7-14-8-18-4-5-19-14/h4-5,8,10,13,16,23H,3,6-7,9,11H2,1-2H3/t13-,16-/m1/s1. The topological polar surface area (TPSA) is 84.1 Å². The first kappa shape index (κ1) is 16.6. The van der Waals surface area contributed by atoms with Crippen LogP contribution in [-0.2, 0) is 13.0 Å². The van der Waals surface area contributed by atoms with Crippen LogP contribution in [0.3, 0.4) is 0 Å². The fraction of sp³-hybridized carbons (Fsp3) is 0.529. The van der Waals surface area contributed by atoms with Gasteiger partial charge in [-0.3, -0.25) is 19.4 Å². The summed E-state index contributed by atoms with van der Waals surface area (Å²) in [6.07, 6.45) is 7.83. The molecule has 1 fully saturated rings. The first-order chi connectivity index (χ1) is 11.6. The molecular formula is C17H23N5O2. The fourth-order valence-corrected chi connectivity index (χ4v) is 3.17. The number of aliphatic hydroxyl groups is 1. The number of carbonyl (C=O) groups is 1. The number of likely N-dealkylation sites (tertiary alicyclic amines) is 1. The first-order valence-corrected chi connectivity index (χ1v) is 8.34.